The lowest BCUT2D eigenvalue weighted by molar-refractivity contribution is -0.132. The van der Waals surface area contributed by atoms with Gasteiger partial charge in [0.05, 0.1) is 12.6 Å². The number of hydrogen-bond acceptors (Lipinski definition) is 6. The van der Waals surface area contributed by atoms with E-state index in [9.17, 15) is 4.79 Å². The van der Waals surface area contributed by atoms with E-state index in [1.807, 2.05) is 4.90 Å². The Bertz CT molecular complexity index is 579. The van der Waals surface area contributed by atoms with Crippen LogP contribution in [-0.2, 0) is 11.3 Å². The fraction of sp³-hybridized carbons (Fsp3) is 0.583. The van der Waals surface area contributed by atoms with E-state index in [0.717, 1.165) is 19.4 Å². The number of aryl methyl sites for hydroxylation is 2. The molecule has 0 unspecified atom stereocenters. The third-order valence-electron chi connectivity index (χ3n) is 3.44. The molecule has 1 amide bonds. The molecule has 0 radical (unpaired) electrons. The molecule has 8 heteroatoms. The van der Waals surface area contributed by atoms with Gasteiger partial charge in [-0.1, -0.05) is 5.16 Å². The largest absolute Gasteiger partial charge is 0.340 e. The summed E-state index contributed by atoms with van der Waals surface area (Å²) in [5, 5.41) is 7.92. The van der Waals surface area contributed by atoms with Gasteiger partial charge in [-0.05, 0) is 12.8 Å². The van der Waals surface area contributed by atoms with Gasteiger partial charge in [-0.3, -0.25) is 9.48 Å². The predicted octanol–water partition coefficient (Wildman–Crippen LogP) is 0.723. The van der Waals surface area contributed by atoms with Gasteiger partial charge in [0.25, 0.3) is 0 Å². The average Bonchev–Trinajstić information content (AvgIpc) is 3.16. The molecule has 1 saturated heterocycles. The second-order valence-electron chi connectivity index (χ2n) is 4.83. The number of hydrogen-bond donors (Lipinski definition) is 0. The molecule has 3 rings (SSSR count). The Kier molecular flexibility index (Phi) is 3.44. The molecule has 0 N–H and O–H groups in total. The molecule has 0 saturated carbocycles. The maximum absolute atomic E-state index is 12.3. The Morgan fingerprint density at radius 2 is 2.45 bits per heavy atom. The highest BCUT2D eigenvalue weighted by Crippen LogP contribution is 2.30. The van der Waals surface area contributed by atoms with E-state index in [1.165, 1.54) is 6.33 Å². The van der Waals surface area contributed by atoms with Crippen LogP contribution in [0.1, 0.15) is 37.0 Å². The number of aromatic nitrogens is 5. The molecular weight excluding hydrogens is 260 g/mol. The van der Waals surface area contributed by atoms with Crippen molar-refractivity contribution in [1.29, 1.82) is 0 Å². The number of amides is 1. The van der Waals surface area contributed by atoms with Gasteiger partial charge in [0.1, 0.15) is 12.7 Å². The summed E-state index contributed by atoms with van der Waals surface area (Å²) in [5.74, 6) is 1.22. The van der Waals surface area contributed by atoms with Crippen LogP contribution in [0.15, 0.2) is 17.2 Å². The normalized spacial score (nSPS) is 18.6. The number of nitrogens with zero attached hydrogens (tertiary/aromatic N) is 6. The monoisotopic (exact) mass is 276 g/mol. The summed E-state index contributed by atoms with van der Waals surface area (Å²) in [4.78, 5) is 22.2. The van der Waals surface area contributed by atoms with E-state index in [-0.39, 0.29) is 11.9 Å². The highest BCUT2D eigenvalue weighted by atomic mass is 16.5. The van der Waals surface area contributed by atoms with Crippen molar-refractivity contribution in [3.8, 4) is 0 Å². The molecule has 106 valence electrons. The van der Waals surface area contributed by atoms with Crippen LogP contribution in [0, 0.1) is 6.92 Å². The molecule has 1 atom stereocenters. The number of carbonyl (C=O) groups is 1. The molecule has 2 aromatic rings. The van der Waals surface area contributed by atoms with Crippen LogP contribution in [0.4, 0.5) is 0 Å². The van der Waals surface area contributed by atoms with Gasteiger partial charge in [0.15, 0.2) is 5.82 Å². The van der Waals surface area contributed by atoms with E-state index < -0.39 is 0 Å². The number of carbonyl (C=O) groups excluding carboxylic acids is 1. The van der Waals surface area contributed by atoms with Crippen LogP contribution < -0.4 is 0 Å². The minimum Gasteiger partial charge on any atom is -0.340 e. The van der Waals surface area contributed by atoms with Crippen molar-refractivity contribution >= 4 is 5.91 Å². The Morgan fingerprint density at radius 1 is 1.55 bits per heavy atom. The smallest absolute Gasteiger partial charge is 0.225 e. The van der Waals surface area contributed by atoms with Crippen molar-refractivity contribution in [2.45, 2.75) is 38.8 Å². The molecule has 1 aliphatic heterocycles. The summed E-state index contributed by atoms with van der Waals surface area (Å²) in [6, 6.07) is -0.0595. The Morgan fingerprint density at radius 3 is 3.15 bits per heavy atom. The lowest BCUT2D eigenvalue weighted by atomic mass is 10.2. The zero-order chi connectivity index (χ0) is 13.9. The highest BCUT2D eigenvalue weighted by molar-refractivity contribution is 5.76. The number of likely N-dealkylation sites (tertiary alicyclic amines) is 1. The van der Waals surface area contributed by atoms with Crippen molar-refractivity contribution in [2.24, 2.45) is 0 Å². The zero-order valence-corrected chi connectivity index (χ0v) is 11.3. The molecule has 8 nitrogen and oxygen atoms in total. The molecule has 0 aromatic carbocycles. The second-order valence-corrected chi connectivity index (χ2v) is 4.83. The van der Waals surface area contributed by atoms with Crippen molar-refractivity contribution in [1.82, 2.24) is 29.8 Å². The molecule has 1 fully saturated rings. The van der Waals surface area contributed by atoms with E-state index in [0.29, 0.717) is 24.7 Å². The predicted molar refractivity (Wildman–Crippen MR) is 67.4 cm³/mol. The summed E-state index contributed by atoms with van der Waals surface area (Å²) >= 11 is 0. The lowest BCUT2D eigenvalue weighted by Gasteiger charge is -2.22. The zero-order valence-electron chi connectivity index (χ0n) is 11.3. The molecule has 0 aliphatic carbocycles. The topological polar surface area (TPSA) is 89.9 Å². The van der Waals surface area contributed by atoms with Crippen LogP contribution in [-0.4, -0.2) is 42.3 Å². The van der Waals surface area contributed by atoms with Crippen LogP contribution >= 0.6 is 0 Å². The Hall–Kier alpha value is -2.25. The van der Waals surface area contributed by atoms with E-state index in [1.54, 1.807) is 17.9 Å². The van der Waals surface area contributed by atoms with Crippen molar-refractivity contribution in [2.75, 3.05) is 6.54 Å². The quantitative estimate of drug-likeness (QED) is 0.817. The van der Waals surface area contributed by atoms with Crippen molar-refractivity contribution < 1.29 is 9.32 Å². The van der Waals surface area contributed by atoms with Crippen LogP contribution in [0.25, 0.3) is 0 Å². The maximum Gasteiger partial charge on any atom is 0.225 e. The average molecular weight is 276 g/mol. The lowest BCUT2D eigenvalue weighted by Crippen LogP contribution is -2.31. The van der Waals surface area contributed by atoms with Gasteiger partial charge >= 0.3 is 0 Å². The van der Waals surface area contributed by atoms with Gasteiger partial charge < -0.3 is 9.42 Å². The molecule has 0 spiro atoms. The first kappa shape index (κ1) is 12.8. The minimum absolute atomic E-state index is 0.0595. The van der Waals surface area contributed by atoms with Gasteiger partial charge in [-0.25, -0.2) is 4.98 Å². The fourth-order valence-corrected chi connectivity index (χ4v) is 2.49. The first-order valence-electron chi connectivity index (χ1n) is 6.66. The van der Waals surface area contributed by atoms with Gasteiger partial charge in [-0.15, -0.1) is 0 Å². The molecule has 0 bridgehead atoms. The summed E-state index contributed by atoms with van der Waals surface area (Å²) in [7, 11) is 0. The molecule has 2 aromatic heterocycles. The minimum atomic E-state index is -0.0595. The third kappa shape index (κ3) is 2.54. The SMILES string of the molecule is Cc1nc([C@H]2CCCN2C(=O)CCn2cncn2)no1. The van der Waals surface area contributed by atoms with Crippen LogP contribution in [0.3, 0.4) is 0 Å². The number of rotatable bonds is 4. The Balaban J connectivity index is 1.64. The van der Waals surface area contributed by atoms with Gasteiger partial charge in [0, 0.05) is 19.9 Å². The molecular formula is C12H16N6O2. The summed E-state index contributed by atoms with van der Waals surface area (Å²) in [6.07, 6.45) is 5.32. The first-order chi connectivity index (χ1) is 9.74. The summed E-state index contributed by atoms with van der Waals surface area (Å²) in [6.45, 7) is 3.03. The van der Waals surface area contributed by atoms with Crippen LogP contribution in [0.2, 0.25) is 0 Å². The maximum atomic E-state index is 12.3. The van der Waals surface area contributed by atoms with Crippen molar-refractivity contribution in [3.63, 3.8) is 0 Å². The third-order valence-corrected chi connectivity index (χ3v) is 3.44. The second kappa shape index (κ2) is 5.40. The first-order valence-corrected chi connectivity index (χ1v) is 6.66. The summed E-state index contributed by atoms with van der Waals surface area (Å²) in [5.41, 5.74) is 0. The highest BCUT2D eigenvalue weighted by Gasteiger charge is 2.32. The van der Waals surface area contributed by atoms with Gasteiger partial charge in [-0.2, -0.15) is 10.1 Å². The summed E-state index contributed by atoms with van der Waals surface area (Å²) < 4.78 is 6.66. The standard InChI is InChI=1S/C12H16N6O2/c1-9-15-12(16-20-9)10-3-2-5-18(10)11(19)4-6-17-8-13-7-14-17/h7-8,10H,2-6H2,1H3/t10-/m1/s1. The Labute approximate surface area is 115 Å². The van der Waals surface area contributed by atoms with Gasteiger partial charge in [0.2, 0.25) is 11.8 Å². The van der Waals surface area contributed by atoms with E-state index in [4.69, 9.17) is 4.52 Å². The molecule has 3 heterocycles. The van der Waals surface area contributed by atoms with E-state index in [2.05, 4.69) is 20.2 Å². The molecule has 1 aliphatic rings. The van der Waals surface area contributed by atoms with E-state index >= 15 is 0 Å². The van der Waals surface area contributed by atoms with Crippen LogP contribution in [0.5, 0.6) is 0 Å². The fourth-order valence-electron chi connectivity index (χ4n) is 2.49. The van der Waals surface area contributed by atoms with Crippen molar-refractivity contribution in [3.05, 3.63) is 24.4 Å². The molecule has 20 heavy (non-hydrogen) atoms.